The van der Waals surface area contributed by atoms with Crippen LogP contribution in [-0.4, -0.2) is 37.4 Å². The van der Waals surface area contributed by atoms with E-state index in [-0.39, 0.29) is 19.1 Å². The molecule has 0 fully saturated rings. The SMILES string of the molecule is COC(=O)CCc1ccc(OCC(O)CN)cc1. The summed E-state index contributed by atoms with van der Waals surface area (Å²) >= 11 is 0. The van der Waals surface area contributed by atoms with Crippen molar-refractivity contribution < 1.29 is 19.4 Å². The molecule has 5 heteroatoms. The molecule has 0 amide bonds. The summed E-state index contributed by atoms with van der Waals surface area (Å²) in [6.07, 6.45) is 0.352. The molecule has 5 nitrogen and oxygen atoms in total. The summed E-state index contributed by atoms with van der Waals surface area (Å²) in [6.45, 7) is 0.356. The summed E-state index contributed by atoms with van der Waals surface area (Å²) in [6, 6.07) is 7.37. The number of carbonyl (C=O) groups excluding carboxylic acids is 1. The lowest BCUT2D eigenvalue weighted by Gasteiger charge is -2.10. The highest BCUT2D eigenvalue weighted by Crippen LogP contribution is 2.13. The number of rotatable bonds is 7. The van der Waals surface area contributed by atoms with Gasteiger partial charge in [-0.1, -0.05) is 12.1 Å². The van der Waals surface area contributed by atoms with Crippen molar-refractivity contribution in [2.45, 2.75) is 18.9 Å². The first-order valence-electron chi connectivity index (χ1n) is 5.82. The minimum atomic E-state index is -0.649. The fraction of sp³-hybridized carbons (Fsp3) is 0.462. The molecule has 0 bridgehead atoms. The number of hydrogen-bond donors (Lipinski definition) is 2. The Morgan fingerprint density at radius 3 is 2.61 bits per heavy atom. The van der Waals surface area contributed by atoms with Gasteiger partial charge in [-0.2, -0.15) is 0 Å². The van der Waals surface area contributed by atoms with Crippen molar-refractivity contribution in [1.29, 1.82) is 0 Å². The van der Waals surface area contributed by atoms with Crippen LogP contribution in [0.15, 0.2) is 24.3 Å². The maximum Gasteiger partial charge on any atom is 0.305 e. The lowest BCUT2D eigenvalue weighted by Crippen LogP contribution is -2.26. The van der Waals surface area contributed by atoms with E-state index in [0.29, 0.717) is 18.6 Å². The third-order valence-corrected chi connectivity index (χ3v) is 2.48. The van der Waals surface area contributed by atoms with E-state index in [4.69, 9.17) is 10.5 Å². The molecule has 0 aromatic heterocycles. The highest BCUT2D eigenvalue weighted by Gasteiger charge is 2.04. The molecule has 1 aromatic rings. The molecular formula is C13H19NO4. The van der Waals surface area contributed by atoms with Crippen LogP contribution < -0.4 is 10.5 Å². The molecule has 100 valence electrons. The Kier molecular flexibility index (Phi) is 6.18. The molecule has 1 atom stereocenters. The molecule has 0 aliphatic rings. The van der Waals surface area contributed by atoms with Gasteiger partial charge in [-0.3, -0.25) is 4.79 Å². The number of esters is 1. The highest BCUT2D eigenvalue weighted by atomic mass is 16.5. The van der Waals surface area contributed by atoms with E-state index >= 15 is 0 Å². The number of methoxy groups -OCH3 is 1. The van der Waals surface area contributed by atoms with Crippen LogP contribution in [0.25, 0.3) is 0 Å². The van der Waals surface area contributed by atoms with Crippen molar-refractivity contribution in [2.24, 2.45) is 5.73 Å². The van der Waals surface area contributed by atoms with Gasteiger partial charge in [0, 0.05) is 13.0 Å². The fourth-order valence-electron chi connectivity index (χ4n) is 1.36. The number of benzene rings is 1. The van der Waals surface area contributed by atoms with Gasteiger partial charge in [0.2, 0.25) is 0 Å². The predicted molar refractivity (Wildman–Crippen MR) is 67.3 cm³/mol. The van der Waals surface area contributed by atoms with Crippen LogP contribution in [-0.2, 0) is 16.0 Å². The molecule has 1 unspecified atom stereocenters. The molecule has 18 heavy (non-hydrogen) atoms. The minimum Gasteiger partial charge on any atom is -0.491 e. The maximum atomic E-state index is 11.0. The number of aliphatic hydroxyl groups excluding tert-OH is 1. The van der Waals surface area contributed by atoms with Crippen molar-refractivity contribution in [2.75, 3.05) is 20.3 Å². The maximum absolute atomic E-state index is 11.0. The normalized spacial score (nSPS) is 11.9. The van der Waals surface area contributed by atoms with Gasteiger partial charge in [0.1, 0.15) is 18.5 Å². The van der Waals surface area contributed by atoms with Crippen LogP contribution in [0.3, 0.4) is 0 Å². The zero-order chi connectivity index (χ0) is 13.4. The lowest BCUT2D eigenvalue weighted by atomic mass is 10.1. The van der Waals surface area contributed by atoms with Gasteiger partial charge >= 0.3 is 5.97 Å². The Labute approximate surface area is 107 Å². The topological polar surface area (TPSA) is 81.8 Å². The van der Waals surface area contributed by atoms with Crippen LogP contribution >= 0.6 is 0 Å². The molecule has 0 aliphatic carbocycles. The van der Waals surface area contributed by atoms with E-state index < -0.39 is 6.10 Å². The van der Waals surface area contributed by atoms with E-state index in [0.717, 1.165) is 5.56 Å². The summed E-state index contributed by atoms with van der Waals surface area (Å²) in [4.78, 5) is 11.0. The Morgan fingerprint density at radius 2 is 2.06 bits per heavy atom. The van der Waals surface area contributed by atoms with Gasteiger partial charge in [-0.25, -0.2) is 0 Å². The second-order valence-corrected chi connectivity index (χ2v) is 3.92. The van der Waals surface area contributed by atoms with Crippen molar-refractivity contribution in [3.05, 3.63) is 29.8 Å². The third-order valence-electron chi connectivity index (χ3n) is 2.48. The van der Waals surface area contributed by atoms with Crippen LogP contribution in [0.5, 0.6) is 5.75 Å². The molecule has 3 N–H and O–H groups in total. The fourth-order valence-corrected chi connectivity index (χ4v) is 1.36. The number of hydrogen-bond acceptors (Lipinski definition) is 5. The third kappa shape index (κ3) is 5.16. The van der Waals surface area contributed by atoms with Crippen molar-refractivity contribution in [3.63, 3.8) is 0 Å². The Hall–Kier alpha value is -1.59. The molecule has 0 heterocycles. The zero-order valence-corrected chi connectivity index (χ0v) is 10.5. The number of carbonyl (C=O) groups is 1. The van der Waals surface area contributed by atoms with E-state index in [1.165, 1.54) is 7.11 Å². The van der Waals surface area contributed by atoms with E-state index in [9.17, 15) is 9.90 Å². The highest BCUT2D eigenvalue weighted by molar-refractivity contribution is 5.69. The summed E-state index contributed by atoms with van der Waals surface area (Å²) in [7, 11) is 1.38. The second-order valence-electron chi connectivity index (χ2n) is 3.92. The van der Waals surface area contributed by atoms with Gasteiger partial charge < -0.3 is 20.3 Å². The first kappa shape index (κ1) is 14.5. The minimum absolute atomic E-state index is 0.178. The van der Waals surface area contributed by atoms with Gasteiger partial charge in [0.05, 0.1) is 7.11 Å². The summed E-state index contributed by atoms with van der Waals surface area (Å²) in [5.41, 5.74) is 6.30. The quantitative estimate of drug-likeness (QED) is 0.691. The lowest BCUT2D eigenvalue weighted by molar-refractivity contribution is -0.140. The van der Waals surface area contributed by atoms with Gasteiger partial charge in [-0.05, 0) is 24.1 Å². The first-order valence-corrected chi connectivity index (χ1v) is 5.82. The predicted octanol–water partition coefficient (Wildman–Crippen LogP) is 0.491. The van der Waals surface area contributed by atoms with E-state index in [2.05, 4.69) is 4.74 Å². The molecule has 0 saturated carbocycles. The molecular weight excluding hydrogens is 234 g/mol. The molecule has 1 aromatic carbocycles. The average molecular weight is 253 g/mol. The summed E-state index contributed by atoms with van der Waals surface area (Å²) in [5.74, 6) is 0.450. The van der Waals surface area contributed by atoms with Gasteiger partial charge in [0.15, 0.2) is 0 Å². The van der Waals surface area contributed by atoms with Crippen molar-refractivity contribution >= 4 is 5.97 Å². The number of aliphatic hydroxyl groups is 1. The summed E-state index contributed by atoms with van der Waals surface area (Å²) < 4.78 is 9.91. The Morgan fingerprint density at radius 1 is 1.39 bits per heavy atom. The smallest absolute Gasteiger partial charge is 0.305 e. The largest absolute Gasteiger partial charge is 0.491 e. The van der Waals surface area contributed by atoms with Crippen molar-refractivity contribution in [3.8, 4) is 5.75 Å². The molecule has 0 saturated heterocycles. The molecule has 0 aliphatic heterocycles. The molecule has 0 radical (unpaired) electrons. The monoisotopic (exact) mass is 253 g/mol. The molecule has 0 spiro atoms. The van der Waals surface area contributed by atoms with Gasteiger partial charge in [0.25, 0.3) is 0 Å². The van der Waals surface area contributed by atoms with E-state index in [1.807, 2.05) is 12.1 Å². The van der Waals surface area contributed by atoms with Crippen LogP contribution in [0.4, 0.5) is 0 Å². The van der Waals surface area contributed by atoms with Crippen LogP contribution in [0.2, 0.25) is 0 Å². The Bertz CT molecular complexity index is 364. The van der Waals surface area contributed by atoms with E-state index in [1.54, 1.807) is 12.1 Å². The summed E-state index contributed by atoms with van der Waals surface area (Å²) in [5, 5.41) is 9.24. The van der Waals surface area contributed by atoms with Crippen LogP contribution in [0.1, 0.15) is 12.0 Å². The Balaban J connectivity index is 2.40. The number of nitrogens with two attached hydrogens (primary N) is 1. The second kappa shape index (κ2) is 7.68. The number of aryl methyl sites for hydroxylation is 1. The van der Waals surface area contributed by atoms with Gasteiger partial charge in [-0.15, -0.1) is 0 Å². The molecule has 1 rings (SSSR count). The van der Waals surface area contributed by atoms with Crippen LogP contribution in [0, 0.1) is 0 Å². The standard InChI is InChI=1S/C13H19NO4/c1-17-13(16)7-4-10-2-5-12(6-3-10)18-9-11(15)8-14/h2-3,5-6,11,15H,4,7-9,14H2,1H3. The first-order chi connectivity index (χ1) is 8.65. The average Bonchev–Trinajstić information content (AvgIpc) is 2.43. The van der Waals surface area contributed by atoms with Crippen molar-refractivity contribution in [1.82, 2.24) is 0 Å². The number of ether oxygens (including phenoxy) is 2. The zero-order valence-electron chi connectivity index (χ0n) is 10.5.